The maximum absolute atomic E-state index is 11.6. The minimum Gasteiger partial charge on any atom is -0.476 e. The number of carbonyl (C=O) groups is 2. The van der Waals surface area contributed by atoms with Gasteiger partial charge in [0.25, 0.3) is 0 Å². The van der Waals surface area contributed by atoms with Crippen LogP contribution >= 0.6 is 11.5 Å². The number of urea groups is 1. The van der Waals surface area contributed by atoms with Crippen molar-refractivity contribution in [3.8, 4) is 0 Å². The summed E-state index contributed by atoms with van der Waals surface area (Å²) in [5.74, 6) is -1.22. The van der Waals surface area contributed by atoms with Crippen molar-refractivity contribution < 1.29 is 14.7 Å². The molecule has 0 radical (unpaired) electrons. The van der Waals surface area contributed by atoms with Gasteiger partial charge in [0.1, 0.15) is 5.00 Å². The summed E-state index contributed by atoms with van der Waals surface area (Å²) >= 11 is 1.01. The predicted octanol–water partition coefficient (Wildman–Crippen LogP) is 1.28. The second-order valence-electron chi connectivity index (χ2n) is 3.07. The molecule has 2 rings (SSSR count). The van der Waals surface area contributed by atoms with Gasteiger partial charge in [0.05, 0.1) is 11.9 Å². The van der Waals surface area contributed by atoms with Gasteiger partial charge in [0, 0.05) is 17.7 Å². The number of anilines is 2. The van der Waals surface area contributed by atoms with Crippen molar-refractivity contribution in [2.75, 3.05) is 10.6 Å². The lowest BCUT2D eigenvalue weighted by Gasteiger charge is -2.07. The van der Waals surface area contributed by atoms with Crippen molar-refractivity contribution in [3.05, 3.63) is 30.2 Å². The first kappa shape index (κ1) is 11.9. The number of carboxylic acids is 1. The maximum Gasteiger partial charge on any atom is 0.356 e. The average molecular weight is 265 g/mol. The zero-order valence-electron chi connectivity index (χ0n) is 8.82. The van der Waals surface area contributed by atoms with Gasteiger partial charge < -0.3 is 10.4 Å². The Labute approximate surface area is 105 Å². The summed E-state index contributed by atoms with van der Waals surface area (Å²) in [7, 11) is 0. The molecule has 0 aliphatic heterocycles. The van der Waals surface area contributed by atoms with Crippen molar-refractivity contribution in [1.29, 1.82) is 0 Å². The van der Waals surface area contributed by atoms with Gasteiger partial charge >= 0.3 is 12.0 Å². The molecule has 0 unspecified atom stereocenters. The van der Waals surface area contributed by atoms with Crippen LogP contribution in [0.25, 0.3) is 0 Å². The number of hydrogen-bond donors (Lipinski definition) is 3. The van der Waals surface area contributed by atoms with E-state index in [1.54, 1.807) is 0 Å². The summed E-state index contributed by atoms with van der Waals surface area (Å²) in [5, 5.41) is 17.7. The number of hydrogen-bond acceptors (Lipinski definition) is 6. The summed E-state index contributed by atoms with van der Waals surface area (Å²) in [6.45, 7) is 0. The van der Waals surface area contributed by atoms with Crippen molar-refractivity contribution in [2.24, 2.45) is 0 Å². The molecule has 0 aliphatic carbocycles. The number of nitrogens with one attached hydrogen (secondary N) is 2. The van der Waals surface area contributed by atoms with E-state index in [0.29, 0.717) is 5.00 Å². The van der Waals surface area contributed by atoms with Gasteiger partial charge in [-0.3, -0.25) is 5.32 Å². The number of pyridine rings is 1. The van der Waals surface area contributed by atoms with Crippen LogP contribution in [-0.4, -0.2) is 31.7 Å². The molecule has 2 heterocycles. The van der Waals surface area contributed by atoms with Crippen LogP contribution in [0.1, 0.15) is 10.5 Å². The first-order valence-electron chi connectivity index (χ1n) is 4.70. The van der Waals surface area contributed by atoms with Gasteiger partial charge in [-0.1, -0.05) is 4.49 Å². The molecule has 9 heteroatoms. The summed E-state index contributed by atoms with van der Waals surface area (Å²) in [4.78, 5) is 26.1. The Balaban J connectivity index is 2.09. The predicted molar refractivity (Wildman–Crippen MR) is 63.7 cm³/mol. The average Bonchev–Trinajstić information content (AvgIpc) is 2.82. The fraction of sp³-hybridized carbons (Fsp3) is 0. The van der Waals surface area contributed by atoms with Gasteiger partial charge in [0.2, 0.25) is 0 Å². The molecule has 18 heavy (non-hydrogen) atoms. The highest BCUT2D eigenvalue weighted by Gasteiger charge is 2.13. The molecule has 0 saturated heterocycles. The highest BCUT2D eigenvalue weighted by molar-refractivity contribution is 7.10. The van der Waals surface area contributed by atoms with E-state index in [4.69, 9.17) is 5.11 Å². The standard InChI is InChI=1S/C9H7N5O3S/c15-8(16)7-5(2-1-3-10-7)12-9(17)13-6-4-11-14-18-6/h1-4H,(H,15,16)(H2,12,13,17). The lowest BCUT2D eigenvalue weighted by atomic mass is 10.3. The lowest BCUT2D eigenvalue weighted by Crippen LogP contribution is -2.20. The van der Waals surface area contributed by atoms with Gasteiger partial charge in [-0.05, 0) is 12.1 Å². The van der Waals surface area contributed by atoms with Crippen LogP contribution < -0.4 is 10.6 Å². The van der Waals surface area contributed by atoms with Crippen molar-refractivity contribution in [2.45, 2.75) is 0 Å². The fourth-order valence-corrected chi connectivity index (χ4v) is 1.58. The molecule has 0 spiro atoms. The number of aromatic nitrogens is 3. The van der Waals surface area contributed by atoms with E-state index < -0.39 is 12.0 Å². The SMILES string of the molecule is O=C(Nc1cnns1)Nc1cccnc1C(=O)O. The van der Waals surface area contributed by atoms with E-state index in [2.05, 4.69) is 25.2 Å². The normalized spacial score (nSPS) is 9.78. The first-order valence-corrected chi connectivity index (χ1v) is 5.48. The van der Waals surface area contributed by atoms with Gasteiger partial charge in [-0.2, -0.15) is 0 Å². The number of carbonyl (C=O) groups excluding carboxylic acids is 1. The largest absolute Gasteiger partial charge is 0.476 e. The smallest absolute Gasteiger partial charge is 0.356 e. The minimum absolute atomic E-state index is 0.111. The molecule has 2 aromatic rings. The first-order chi connectivity index (χ1) is 8.66. The van der Waals surface area contributed by atoms with Crippen LogP contribution in [0.15, 0.2) is 24.5 Å². The van der Waals surface area contributed by atoms with Gasteiger partial charge in [-0.15, -0.1) is 5.10 Å². The lowest BCUT2D eigenvalue weighted by molar-refractivity contribution is 0.0692. The molecule has 0 atom stereocenters. The molecule has 0 aromatic carbocycles. The van der Waals surface area contributed by atoms with Crippen molar-refractivity contribution >= 4 is 34.2 Å². The van der Waals surface area contributed by atoms with Crippen LogP contribution in [0.2, 0.25) is 0 Å². The summed E-state index contributed by atoms with van der Waals surface area (Å²) in [5.41, 5.74) is -0.116. The Bertz CT molecular complexity index is 571. The van der Waals surface area contributed by atoms with Gasteiger partial charge in [0.15, 0.2) is 5.69 Å². The summed E-state index contributed by atoms with van der Waals surface area (Å²) < 4.78 is 3.57. The molecule has 92 valence electrons. The number of amides is 2. The Morgan fingerprint density at radius 1 is 1.33 bits per heavy atom. The quantitative estimate of drug-likeness (QED) is 0.769. The number of carboxylic acid groups (broad SMARTS) is 1. The molecule has 0 saturated carbocycles. The van der Waals surface area contributed by atoms with Gasteiger partial charge in [-0.25, -0.2) is 14.6 Å². The zero-order chi connectivity index (χ0) is 13.0. The molecular weight excluding hydrogens is 258 g/mol. The molecule has 8 nitrogen and oxygen atoms in total. The van der Waals surface area contributed by atoms with E-state index in [1.807, 2.05) is 0 Å². The molecule has 0 aliphatic rings. The van der Waals surface area contributed by atoms with Crippen molar-refractivity contribution in [3.63, 3.8) is 0 Å². The molecule has 2 aromatic heterocycles. The number of rotatable bonds is 3. The molecule has 0 bridgehead atoms. The third-order valence-electron chi connectivity index (χ3n) is 1.86. The molecule has 2 amide bonds. The number of nitrogens with zero attached hydrogens (tertiary/aromatic N) is 3. The van der Waals surface area contributed by atoms with Crippen LogP contribution in [0.4, 0.5) is 15.5 Å². The van der Waals surface area contributed by atoms with Crippen LogP contribution in [-0.2, 0) is 0 Å². The van der Waals surface area contributed by atoms with E-state index in [1.165, 1.54) is 24.5 Å². The second kappa shape index (κ2) is 5.19. The highest BCUT2D eigenvalue weighted by Crippen LogP contribution is 2.14. The third-order valence-corrected chi connectivity index (χ3v) is 2.44. The Morgan fingerprint density at radius 3 is 2.83 bits per heavy atom. The Kier molecular flexibility index (Phi) is 3.44. The molecular formula is C9H7N5O3S. The second-order valence-corrected chi connectivity index (χ2v) is 3.85. The third kappa shape index (κ3) is 2.77. The van der Waals surface area contributed by atoms with Crippen LogP contribution in [0.5, 0.6) is 0 Å². The maximum atomic E-state index is 11.6. The molecule has 3 N–H and O–H groups in total. The summed E-state index contributed by atoms with van der Waals surface area (Å²) in [6.07, 6.45) is 2.71. The van der Waals surface area contributed by atoms with Crippen LogP contribution in [0, 0.1) is 0 Å². The van der Waals surface area contributed by atoms with E-state index in [0.717, 1.165) is 11.5 Å². The van der Waals surface area contributed by atoms with Crippen LogP contribution in [0.3, 0.4) is 0 Å². The minimum atomic E-state index is -1.22. The van der Waals surface area contributed by atoms with E-state index >= 15 is 0 Å². The topological polar surface area (TPSA) is 117 Å². The van der Waals surface area contributed by atoms with Crippen molar-refractivity contribution in [1.82, 2.24) is 14.6 Å². The molecule has 0 fully saturated rings. The zero-order valence-corrected chi connectivity index (χ0v) is 9.64. The highest BCUT2D eigenvalue weighted by atomic mass is 32.1. The van der Waals surface area contributed by atoms with E-state index in [9.17, 15) is 9.59 Å². The summed E-state index contributed by atoms with van der Waals surface area (Å²) in [6, 6.07) is 2.38. The Hall–Kier alpha value is -2.55. The Morgan fingerprint density at radius 2 is 2.17 bits per heavy atom. The van der Waals surface area contributed by atoms with E-state index in [-0.39, 0.29) is 11.4 Å². The number of aromatic carboxylic acids is 1. The fourth-order valence-electron chi connectivity index (χ4n) is 1.16. The monoisotopic (exact) mass is 265 g/mol.